The van der Waals surface area contributed by atoms with Crippen LogP contribution in [0.1, 0.15) is 25.6 Å². The third kappa shape index (κ3) is 2.69. The Morgan fingerprint density at radius 1 is 1.57 bits per heavy atom. The molecule has 1 rings (SSSR count). The van der Waals surface area contributed by atoms with E-state index in [9.17, 15) is 0 Å². The van der Waals surface area contributed by atoms with Crippen molar-refractivity contribution in [2.24, 2.45) is 0 Å². The van der Waals surface area contributed by atoms with Crippen molar-refractivity contribution in [2.75, 3.05) is 13.7 Å². The minimum atomic E-state index is 0.266. The van der Waals surface area contributed by atoms with Gasteiger partial charge in [-0.2, -0.15) is 0 Å². The topological polar surface area (TPSA) is 34.1 Å². The van der Waals surface area contributed by atoms with Gasteiger partial charge >= 0.3 is 0 Å². The second-order valence-corrected chi connectivity index (χ2v) is 3.76. The molecule has 0 saturated heterocycles. The molecule has 3 nitrogen and oxygen atoms in total. The fourth-order valence-electron chi connectivity index (χ4n) is 1.24. The van der Waals surface area contributed by atoms with Gasteiger partial charge in [0.1, 0.15) is 4.60 Å². The number of pyridine rings is 1. The zero-order valence-corrected chi connectivity index (χ0v) is 10.3. The summed E-state index contributed by atoms with van der Waals surface area (Å²) in [7, 11) is 1.63. The molecule has 0 fully saturated rings. The first-order valence-corrected chi connectivity index (χ1v) is 5.42. The van der Waals surface area contributed by atoms with Crippen molar-refractivity contribution < 1.29 is 4.74 Å². The molecule has 0 aliphatic carbocycles. The van der Waals surface area contributed by atoms with Crippen LogP contribution in [0.3, 0.4) is 0 Å². The largest absolute Gasteiger partial charge is 0.494 e. The fourth-order valence-corrected chi connectivity index (χ4v) is 1.74. The van der Waals surface area contributed by atoms with Crippen molar-refractivity contribution in [3.8, 4) is 5.75 Å². The van der Waals surface area contributed by atoms with Crippen LogP contribution < -0.4 is 10.1 Å². The molecule has 1 aromatic heterocycles. The Labute approximate surface area is 93.0 Å². The van der Waals surface area contributed by atoms with Gasteiger partial charge in [-0.25, -0.2) is 4.98 Å². The normalized spacial score (nSPS) is 12.6. The Balaban J connectivity index is 2.85. The second-order valence-electron chi connectivity index (χ2n) is 3.01. The number of nitrogens with one attached hydrogen (secondary N) is 1. The third-order valence-corrected chi connectivity index (χ3v) is 2.58. The molecule has 1 aromatic rings. The Morgan fingerprint density at radius 2 is 2.29 bits per heavy atom. The van der Waals surface area contributed by atoms with Crippen LogP contribution in [-0.4, -0.2) is 18.6 Å². The van der Waals surface area contributed by atoms with Gasteiger partial charge in [0.2, 0.25) is 0 Å². The summed E-state index contributed by atoms with van der Waals surface area (Å²) in [5, 5.41) is 3.30. The lowest BCUT2D eigenvalue weighted by Gasteiger charge is -2.12. The first-order chi connectivity index (χ1) is 6.69. The lowest BCUT2D eigenvalue weighted by Crippen LogP contribution is -2.18. The number of nitrogens with zero attached hydrogens (tertiary/aromatic N) is 1. The average Bonchev–Trinajstić information content (AvgIpc) is 2.18. The third-order valence-electron chi connectivity index (χ3n) is 2.01. The van der Waals surface area contributed by atoms with E-state index >= 15 is 0 Å². The molecule has 0 bridgehead atoms. The number of hydrogen-bond donors (Lipinski definition) is 1. The Kier molecular flexibility index (Phi) is 4.35. The van der Waals surface area contributed by atoms with Gasteiger partial charge in [-0.1, -0.05) is 6.92 Å². The van der Waals surface area contributed by atoms with Gasteiger partial charge in [0.15, 0.2) is 5.75 Å². The van der Waals surface area contributed by atoms with Crippen LogP contribution in [0.4, 0.5) is 0 Å². The first kappa shape index (κ1) is 11.5. The van der Waals surface area contributed by atoms with Gasteiger partial charge in [-0.3, -0.25) is 0 Å². The minimum absolute atomic E-state index is 0.266. The predicted octanol–water partition coefficient (Wildman–Crippen LogP) is 2.52. The molecule has 0 spiro atoms. The lowest BCUT2D eigenvalue weighted by atomic mass is 10.2. The van der Waals surface area contributed by atoms with E-state index < -0.39 is 0 Å². The molecule has 0 aliphatic rings. The quantitative estimate of drug-likeness (QED) is 0.843. The summed E-state index contributed by atoms with van der Waals surface area (Å²) in [6, 6.07) is 4.15. The lowest BCUT2D eigenvalue weighted by molar-refractivity contribution is 0.408. The predicted molar refractivity (Wildman–Crippen MR) is 60.6 cm³/mol. The number of aromatic nitrogens is 1. The zero-order chi connectivity index (χ0) is 10.6. The number of ether oxygens (including phenoxy) is 1. The standard InChI is InChI=1S/C10H15BrN2O/c1-4-12-7(2)8-5-6-9(14-3)10(11)13-8/h5-7,12H,4H2,1-3H3/t7-/m1/s1. The van der Waals surface area contributed by atoms with E-state index in [0.717, 1.165) is 22.6 Å². The SMILES string of the molecule is CCN[C@H](C)c1ccc(OC)c(Br)n1. The molecule has 14 heavy (non-hydrogen) atoms. The highest BCUT2D eigenvalue weighted by molar-refractivity contribution is 9.10. The minimum Gasteiger partial charge on any atom is -0.494 e. The van der Waals surface area contributed by atoms with Gasteiger partial charge in [-0.05, 0) is 41.5 Å². The summed E-state index contributed by atoms with van der Waals surface area (Å²) in [4.78, 5) is 4.39. The molecule has 0 radical (unpaired) electrons. The molecular weight excluding hydrogens is 244 g/mol. The highest BCUT2D eigenvalue weighted by Gasteiger charge is 2.08. The van der Waals surface area contributed by atoms with Crippen LogP contribution in [0.25, 0.3) is 0 Å². The molecule has 0 amide bonds. The average molecular weight is 259 g/mol. The van der Waals surface area contributed by atoms with E-state index in [1.54, 1.807) is 7.11 Å². The van der Waals surface area contributed by atoms with Crippen LogP contribution >= 0.6 is 15.9 Å². The Bertz CT molecular complexity index is 304. The van der Waals surface area contributed by atoms with E-state index in [2.05, 4.69) is 40.1 Å². The zero-order valence-electron chi connectivity index (χ0n) is 8.67. The van der Waals surface area contributed by atoms with Crippen LogP contribution in [-0.2, 0) is 0 Å². The summed E-state index contributed by atoms with van der Waals surface area (Å²) >= 11 is 3.36. The molecule has 1 N–H and O–H groups in total. The maximum absolute atomic E-state index is 5.11. The van der Waals surface area contributed by atoms with Crippen LogP contribution in [0.15, 0.2) is 16.7 Å². The number of methoxy groups -OCH3 is 1. The monoisotopic (exact) mass is 258 g/mol. The van der Waals surface area contributed by atoms with Gasteiger partial charge in [0.25, 0.3) is 0 Å². The number of rotatable bonds is 4. The van der Waals surface area contributed by atoms with E-state index in [-0.39, 0.29) is 6.04 Å². The van der Waals surface area contributed by atoms with Crippen molar-refractivity contribution in [3.05, 3.63) is 22.4 Å². The van der Waals surface area contributed by atoms with Gasteiger partial charge in [0.05, 0.1) is 12.8 Å². The summed E-state index contributed by atoms with van der Waals surface area (Å²) < 4.78 is 5.86. The Morgan fingerprint density at radius 3 is 2.79 bits per heavy atom. The smallest absolute Gasteiger partial charge is 0.151 e. The van der Waals surface area contributed by atoms with Crippen molar-refractivity contribution >= 4 is 15.9 Å². The number of hydrogen-bond acceptors (Lipinski definition) is 3. The molecule has 0 aliphatic heterocycles. The summed E-state index contributed by atoms with van der Waals surface area (Å²) in [5.41, 5.74) is 1.01. The highest BCUT2D eigenvalue weighted by atomic mass is 79.9. The fraction of sp³-hybridized carbons (Fsp3) is 0.500. The van der Waals surface area contributed by atoms with Crippen molar-refractivity contribution in [3.63, 3.8) is 0 Å². The van der Waals surface area contributed by atoms with E-state index in [1.165, 1.54) is 0 Å². The molecular formula is C10H15BrN2O. The van der Waals surface area contributed by atoms with E-state index in [4.69, 9.17) is 4.74 Å². The Hall–Kier alpha value is -0.610. The van der Waals surface area contributed by atoms with Crippen LogP contribution in [0.5, 0.6) is 5.75 Å². The maximum Gasteiger partial charge on any atom is 0.151 e. The summed E-state index contributed by atoms with van der Waals surface area (Å²) in [6.07, 6.45) is 0. The van der Waals surface area contributed by atoms with Crippen LogP contribution in [0.2, 0.25) is 0 Å². The molecule has 4 heteroatoms. The van der Waals surface area contributed by atoms with Crippen molar-refractivity contribution in [1.29, 1.82) is 0 Å². The molecule has 0 saturated carbocycles. The molecule has 0 unspecified atom stereocenters. The van der Waals surface area contributed by atoms with Crippen molar-refractivity contribution in [2.45, 2.75) is 19.9 Å². The van der Waals surface area contributed by atoms with E-state index in [1.807, 2.05) is 12.1 Å². The summed E-state index contributed by atoms with van der Waals surface area (Å²) in [5.74, 6) is 0.762. The van der Waals surface area contributed by atoms with E-state index in [0.29, 0.717) is 0 Å². The molecule has 1 heterocycles. The second kappa shape index (κ2) is 5.32. The van der Waals surface area contributed by atoms with Crippen LogP contribution in [0, 0.1) is 0 Å². The molecule has 0 aromatic carbocycles. The maximum atomic E-state index is 5.11. The first-order valence-electron chi connectivity index (χ1n) is 4.62. The van der Waals surface area contributed by atoms with Gasteiger partial charge in [0, 0.05) is 6.04 Å². The van der Waals surface area contributed by atoms with Gasteiger partial charge in [-0.15, -0.1) is 0 Å². The highest BCUT2D eigenvalue weighted by Crippen LogP contribution is 2.24. The number of halogens is 1. The molecule has 78 valence electrons. The van der Waals surface area contributed by atoms with Gasteiger partial charge < -0.3 is 10.1 Å². The molecule has 1 atom stereocenters. The van der Waals surface area contributed by atoms with Crippen molar-refractivity contribution in [1.82, 2.24) is 10.3 Å². The summed E-state index contributed by atoms with van der Waals surface area (Å²) in [6.45, 7) is 5.10.